The number of aryl methyl sites for hydroxylation is 3. The number of hydrogen-bond donors (Lipinski definition) is 0. The molecule has 0 N–H and O–H groups in total. The number of rotatable bonds is 11. The second-order valence-electron chi connectivity index (χ2n) is 16.9. The minimum Gasteiger partial charge on any atom is -0.208 e. The molecule has 3 nitrogen and oxygen atoms in total. The van der Waals surface area contributed by atoms with Crippen molar-refractivity contribution < 1.29 is 0 Å². The van der Waals surface area contributed by atoms with Gasteiger partial charge in [-0.1, -0.05) is 248 Å². The Kier molecular flexibility index (Phi) is 11.4. The maximum Gasteiger partial charge on any atom is 0.179 e. The SMILES string of the molecule is Cc1cc(C)c(-c2nc(-c3cccc([Si](c4ccccc4)(c4ccccc4)c4ccccc4)c3)nc(-c3cccc([Si](c4ccccc4)(c4ccccc4)c4ccccc4)c3)n2)c(C)c1. The van der Waals surface area contributed by atoms with Gasteiger partial charge in [0.25, 0.3) is 0 Å². The highest BCUT2D eigenvalue weighted by atomic mass is 28.3. The molecule has 0 radical (unpaired) electrons. The van der Waals surface area contributed by atoms with E-state index >= 15 is 0 Å². The number of hydrogen-bond acceptors (Lipinski definition) is 3. The first kappa shape index (κ1) is 41.4. The van der Waals surface area contributed by atoms with Gasteiger partial charge in [-0.05, 0) is 73.4 Å². The topological polar surface area (TPSA) is 38.7 Å². The summed E-state index contributed by atoms with van der Waals surface area (Å²) in [7, 11) is -5.67. The fourth-order valence-electron chi connectivity index (χ4n) is 10.2. The van der Waals surface area contributed by atoms with Gasteiger partial charge < -0.3 is 0 Å². The van der Waals surface area contributed by atoms with Crippen molar-refractivity contribution in [2.45, 2.75) is 20.8 Å². The highest BCUT2D eigenvalue weighted by Crippen LogP contribution is 2.30. The Morgan fingerprint density at radius 3 is 0.815 bits per heavy atom. The van der Waals surface area contributed by atoms with Crippen molar-refractivity contribution in [2.75, 3.05) is 0 Å². The first-order valence-corrected chi connectivity index (χ1v) is 26.4. The third-order valence-corrected chi connectivity index (χ3v) is 22.4. The van der Waals surface area contributed by atoms with Gasteiger partial charge in [-0.25, -0.2) is 15.0 Å². The van der Waals surface area contributed by atoms with Crippen LogP contribution in [-0.4, -0.2) is 31.1 Å². The summed E-state index contributed by atoms with van der Waals surface area (Å²) in [5.74, 6) is 1.96. The van der Waals surface area contributed by atoms with Crippen molar-refractivity contribution in [3.8, 4) is 34.2 Å². The lowest BCUT2D eigenvalue weighted by molar-refractivity contribution is 1.07. The van der Waals surface area contributed by atoms with E-state index in [1.807, 2.05) is 0 Å². The van der Waals surface area contributed by atoms with E-state index in [1.54, 1.807) is 0 Å². The van der Waals surface area contributed by atoms with E-state index in [1.165, 1.54) is 47.1 Å². The Balaban J connectivity index is 1.22. The standard InChI is InChI=1S/C60H49N3Si2/c1-44-40-45(2)57(46(3)41-44)60-62-58(47-24-22-38-55(42-47)64(49-26-10-4-11-27-49,50-28-12-5-13-29-50)51-30-14-6-15-31-51)61-59(63-60)48-25-23-39-56(43-48)65(52-32-16-7-17-33-52,53-34-18-8-19-35-53)54-36-20-9-21-37-54/h4-43H,1-3H3. The average molecular weight is 868 g/mol. The molecular formula is C60H49N3Si2. The smallest absolute Gasteiger partial charge is 0.179 e. The van der Waals surface area contributed by atoms with E-state index in [0.717, 1.165) is 27.8 Å². The van der Waals surface area contributed by atoms with Gasteiger partial charge in [0.15, 0.2) is 33.6 Å². The maximum atomic E-state index is 5.47. The van der Waals surface area contributed by atoms with Gasteiger partial charge in [0, 0.05) is 16.7 Å². The van der Waals surface area contributed by atoms with E-state index in [0.29, 0.717) is 17.5 Å². The summed E-state index contributed by atoms with van der Waals surface area (Å²) in [6.07, 6.45) is 0. The molecule has 65 heavy (non-hydrogen) atoms. The third-order valence-electron chi connectivity index (χ3n) is 12.9. The van der Waals surface area contributed by atoms with E-state index in [2.05, 4.69) is 263 Å². The summed E-state index contributed by atoms with van der Waals surface area (Å²) >= 11 is 0. The van der Waals surface area contributed by atoms with Crippen molar-refractivity contribution in [3.05, 3.63) is 259 Å². The summed E-state index contributed by atoms with van der Waals surface area (Å²) in [5.41, 5.74) is 6.43. The van der Waals surface area contributed by atoms with Gasteiger partial charge in [-0.15, -0.1) is 0 Å². The fourth-order valence-corrected chi connectivity index (χ4v) is 19.8. The highest BCUT2D eigenvalue weighted by molar-refractivity contribution is 7.20. The van der Waals surface area contributed by atoms with Crippen molar-refractivity contribution in [1.82, 2.24) is 15.0 Å². The minimum atomic E-state index is -2.84. The number of aromatic nitrogens is 3. The molecule has 312 valence electrons. The quantitative estimate of drug-likeness (QED) is 0.0968. The van der Waals surface area contributed by atoms with Crippen molar-refractivity contribution >= 4 is 57.6 Å². The van der Waals surface area contributed by atoms with Gasteiger partial charge >= 0.3 is 0 Å². The zero-order valence-electron chi connectivity index (χ0n) is 36.9. The van der Waals surface area contributed by atoms with Crippen LogP contribution in [-0.2, 0) is 0 Å². The Morgan fingerprint density at radius 1 is 0.262 bits per heavy atom. The van der Waals surface area contributed by atoms with Crippen molar-refractivity contribution in [3.63, 3.8) is 0 Å². The largest absolute Gasteiger partial charge is 0.208 e. The monoisotopic (exact) mass is 867 g/mol. The summed E-state index contributed by atoms with van der Waals surface area (Å²) in [6.45, 7) is 6.48. The highest BCUT2D eigenvalue weighted by Gasteiger charge is 2.43. The summed E-state index contributed by atoms with van der Waals surface area (Å²) in [4.78, 5) is 16.3. The Labute approximate surface area is 384 Å². The van der Waals surface area contributed by atoms with Crippen LogP contribution >= 0.6 is 0 Å². The van der Waals surface area contributed by atoms with Gasteiger partial charge in [-0.3, -0.25) is 0 Å². The summed E-state index contributed by atoms with van der Waals surface area (Å²) in [5, 5.41) is 10.4. The third kappa shape index (κ3) is 7.59. The zero-order valence-corrected chi connectivity index (χ0v) is 38.9. The van der Waals surface area contributed by atoms with Gasteiger partial charge in [-0.2, -0.15) is 0 Å². The Bertz CT molecular complexity index is 2810. The molecule has 0 spiro atoms. The lowest BCUT2D eigenvalue weighted by Gasteiger charge is -2.34. The molecule has 1 aromatic heterocycles. The molecule has 0 fully saturated rings. The molecule has 0 amide bonds. The predicted octanol–water partition coefficient (Wildman–Crippen LogP) is 8.55. The molecule has 0 aliphatic carbocycles. The van der Waals surface area contributed by atoms with E-state index in [4.69, 9.17) is 15.0 Å². The van der Waals surface area contributed by atoms with Crippen molar-refractivity contribution in [2.24, 2.45) is 0 Å². The van der Waals surface area contributed by atoms with E-state index < -0.39 is 16.1 Å². The molecule has 9 aromatic carbocycles. The van der Waals surface area contributed by atoms with Crippen LogP contribution in [0.15, 0.2) is 243 Å². The lowest BCUT2D eigenvalue weighted by atomic mass is 9.99. The molecule has 0 saturated carbocycles. The summed E-state index contributed by atoms with van der Waals surface area (Å²) < 4.78 is 0. The second-order valence-corrected chi connectivity index (χ2v) is 24.6. The van der Waals surface area contributed by atoms with Crippen LogP contribution in [0.25, 0.3) is 34.2 Å². The molecular weight excluding hydrogens is 819 g/mol. The molecule has 0 aliphatic heterocycles. The molecule has 10 aromatic rings. The van der Waals surface area contributed by atoms with Crippen LogP contribution in [0.3, 0.4) is 0 Å². The van der Waals surface area contributed by atoms with Crippen LogP contribution in [0.2, 0.25) is 0 Å². The molecule has 5 heteroatoms. The molecule has 0 bridgehead atoms. The van der Waals surface area contributed by atoms with Crippen LogP contribution in [0.4, 0.5) is 0 Å². The minimum absolute atomic E-state index is 0.645. The van der Waals surface area contributed by atoms with Crippen LogP contribution in [0.5, 0.6) is 0 Å². The first-order valence-electron chi connectivity index (χ1n) is 22.4. The molecule has 0 atom stereocenters. The fraction of sp³-hybridized carbons (Fsp3) is 0.0500. The van der Waals surface area contributed by atoms with Crippen LogP contribution in [0.1, 0.15) is 16.7 Å². The van der Waals surface area contributed by atoms with Gasteiger partial charge in [0.1, 0.15) is 0 Å². The van der Waals surface area contributed by atoms with E-state index in [-0.39, 0.29) is 0 Å². The molecule has 10 rings (SSSR count). The number of benzene rings is 9. The zero-order chi connectivity index (χ0) is 44.2. The van der Waals surface area contributed by atoms with Gasteiger partial charge in [0.2, 0.25) is 0 Å². The van der Waals surface area contributed by atoms with Crippen LogP contribution < -0.4 is 41.5 Å². The number of nitrogens with zero attached hydrogens (tertiary/aromatic N) is 3. The van der Waals surface area contributed by atoms with Crippen molar-refractivity contribution in [1.29, 1.82) is 0 Å². The van der Waals surface area contributed by atoms with E-state index in [9.17, 15) is 0 Å². The normalized spacial score (nSPS) is 11.6. The Morgan fingerprint density at radius 2 is 0.523 bits per heavy atom. The van der Waals surface area contributed by atoms with Gasteiger partial charge in [0.05, 0.1) is 0 Å². The molecule has 1 heterocycles. The lowest BCUT2D eigenvalue weighted by Crippen LogP contribution is -2.74. The molecule has 0 unspecified atom stereocenters. The molecule has 0 aliphatic rings. The van der Waals surface area contributed by atoms with Crippen LogP contribution in [0, 0.1) is 20.8 Å². The maximum absolute atomic E-state index is 5.47. The second kappa shape index (κ2) is 17.9. The molecule has 0 saturated heterocycles. The summed E-state index contributed by atoms with van der Waals surface area (Å²) in [6, 6.07) is 88.8. The Hall–Kier alpha value is -7.58. The average Bonchev–Trinajstić information content (AvgIpc) is 3.36. The first-order chi connectivity index (χ1) is 32.0. The predicted molar refractivity (Wildman–Crippen MR) is 278 cm³/mol.